The second-order valence-electron chi connectivity index (χ2n) is 10.4. The Bertz CT molecular complexity index is 1880. The van der Waals surface area contributed by atoms with Gasteiger partial charge >= 0.3 is 12.1 Å². The summed E-state index contributed by atoms with van der Waals surface area (Å²) in [5, 5.41) is 20.8. The minimum absolute atomic E-state index is 0.0154. The molecule has 0 bridgehead atoms. The van der Waals surface area contributed by atoms with Gasteiger partial charge < -0.3 is 14.8 Å². The molecule has 5 heterocycles. The maximum atomic E-state index is 13.9. The standard InChI is InChI=1S/C28H25F3N6O4S/c1-14-19(10-32-27-25(14)34-35-36(27)2)18(9-24(39)40)16-7-15-5-6-42-26(15)17(8-16)11-37-12-20-21(3-4-23(38)33-20)41-22(13-37)28(29,30)31/h3-8,10,18,22H,9,11-13H2,1-2H3,(H,33,38)(H,39,40)/t18-,22+/m1/s1. The van der Waals surface area contributed by atoms with Crippen LogP contribution in [0.2, 0.25) is 0 Å². The molecule has 6 rings (SSSR count). The molecule has 0 aliphatic carbocycles. The third-order valence-corrected chi connectivity index (χ3v) is 8.52. The number of rotatable bonds is 6. The van der Waals surface area contributed by atoms with Crippen molar-refractivity contribution in [2.24, 2.45) is 7.05 Å². The first-order valence-electron chi connectivity index (χ1n) is 13.0. The summed E-state index contributed by atoms with van der Waals surface area (Å²) in [5.74, 6) is -1.63. The van der Waals surface area contributed by atoms with Crippen LogP contribution in [0.3, 0.4) is 0 Å². The van der Waals surface area contributed by atoms with Gasteiger partial charge in [-0.1, -0.05) is 11.3 Å². The number of H-pyrrole nitrogens is 1. The zero-order valence-electron chi connectivity index (χ0n) is 22.5. The lowest BCUT2D eigenvalue weighted by molar-refractivity contribution is -0.198. The number of benzene rings is 1. The maximum absolute atomic E-state index is 13.9. The molecule has 0 radical (unpaired) electrons. The molecular weight excluding hydrogens is 573 g/mol. The minimum Gasteiger partial charge on any atom is -0.481 e. The molecule has 1 aliphatic rings. The zero-order valence-corrected chi connectivity index (χ0v) is 23.3. The van der Waals surface area contributed by atoms with Gasteiger partial charge in [0.15, 0.2) is 5.65 Å². The normalized spacial score (nSPS) is 16.7. The summed E-state index contributed by atoms with van der Waals surface area (Å²) in [5.41, 5.74) is 3.82. The van der Waals surface area contributed by atoms with Gasteiger partial charge in [-0.15, -0.1) is 16.4 Å². The highest BCUT2D eigenvalue weighted by molar-refractivity contribution is 7.17. The quantitative estimate of drug-likeness (QED) is 0.293. The summed E-state index contributed by atoms with van der Waals surface area (Å²) < 4.78 is 49.6. The number of alkyl halides is 3. The van der Waals surface area contributed by atoms with Crippen molar-refractivity contribution >= 4 is 38.6 Å². The third-order valence-electron chi connectivity index (χ3n) is 7.51. The average Bonchev–Trinajstić information content (AvgIpc) is 3.50. The second kappa shape index (κ2) is 10.5. The number of aromatic amines is 1. The number of aryl methyl sites for hydroxylation is 2. The van der Waals surface area contributed by atoms with E-state index in [0.717, 1.165) is 27.3 Å². The maximum Gasteiger partial charge on any atom is 0.426 e. The molecule has 0 saturated heterocycles. The van der Waals surface area contributed by atoms with E-state index in [9.17, 15) is 27.9 Å². The van der Waals surface area contributed by atoms with Gasteiger partial charge in [-0.3, -0.25) is 14.5 Å². The van der Waals surface area contributed by atoms with Crippen LogP contribution in [0, 0.1) is 6.92 Å². The van der Waals surface area contributed by atoms with Crippen LogP contribution in [0.1, 0.15) is 40.3 Å². The molecule has 0 unspecified atom stereocenters. The molecule has 5 aromatic rings. The van der Waals surface area contributed by atoms with Crippen LogP contribution in [0.15, 0.2) is 46.7 Å². The van der Waals surface area contributed by atoms with Crippen LogP contribution in [0.25, 0.3) is 21.3 Å². The largest absolute Gasteiger partial charge is 0.481 e. The molecule has 1 aliphatic heterocycles. The van der Waals surface area contributed by atoms with Crippen LogP contribution in [-0.4, -0.2) is 59.8 Å². The van der Waals surface area contributed by atoms with Crippen molar-refractivity contribution in [2.75, 3.05) is 6.54 Å². The number of aliphatic carboxylic acids is 1. The van der Waals surface area contributed by atoms with Crippen molar-refractivity contribution in [3.8, 4) is 5.75 Å². The summed E-state index contributed by atoms with van der Waals surface area (Å²) in [6.07, 6.45) is -5.32. The smallest absolute Gasteiger partial charge is 0.426 e. The second-order valence-corrected chi connectivity index (χ2v) is 11.3. The molecule has 2 atom stereocenters. The summed E-state index contributed by atoms with van der Waals surface area (Å²) in [7, 11) is 1.72. The highest BCUT2D eigenvalue weighted by Crippen LogP contribution is 2.38. The molecule has 10 nitrogen and oxygen atoms in total. The Hall–Kier alpha value is -4.30. The first kappa shape index (κ1) is 27.8. The summed E-state index contributed by atoms with van der Waals surface area (Å²) >= 11 is 1.45. The van der Waals surface area contributed by atoms with Gasteiger partial charge in [0.05, 0.1) is 12.1 Å². The van der Waals surface area contributed by atoms with Gasteiger partial charge in [0, 0.05) is 49.6 Å². The van der Waals surface area contributed by atoms with Crippen molar-refractivity contribution in [3.05, 3.63) is 80.2 Å². The van der Waals surface area contributed by atoms with Gasteiger partial charge in [0.1, 0.15) is 11.3 Å². The van der Waals surface area contributed by atoms with E-state index in [4.69, 9.17) is 4.74 Å². The highest BCUT2D eigenvalue weighted by Gasteiger charge is 2.44. The number of thiophene rings is 1. The molecule has 2 N–H and O–H groups in total. The first-order chi connectivity index (χ1) is 20.0. The molecule has 0 spiro atoms. The summed E-state index contributed by atoms with van der Waals surface area (Å²) in [6.45, 7) is 1.53. The lowest BCUT2D eigenvalue weighted by Crippen LogP contribution is -2.42. The highest BCUT2D eigenvalue weighted by atomic mass is 32.1. The Balaban J connectivity index is 1.43. The number of nitrogens with one attached hydrogen (secondary N) is 1. The topological polar surface area (TPSA) is 126 Å². The van der Waals surface area contributed by atoms with Gasteiger partial charge in [0.25, 0.3) is 0 Å². The predicted octanol–water partition coefficient (Wildman–Crippen LogP) is 4.51. The van der Waals surface area contributed by atoms with E-state index in [1.807, 2.05) is 30.5 Å². The van der Waals surface area contributed by atoms with Crippen LogP contribution >= 0.6 is 11.3 Å². The SMILES string of the molecule is Cc1c([C@H](CC(=O)O)c2cc(CN3Cc4[nH]c(=O)ccc4O[C@H](C(F)(F)F)C3)c3sccc3c2)cnc2c1nnn2C. The van der Waals surface area contributed by atoms with Gasteiger partial charge in [0.2, 0.25) is 11.7 Å². The first-order valence-corrected chi connectivity index (χ1v) is 13.9. The van der Waals surface area contributed by atoms with E-state index in [1.165, 1.54) is 17.4 Å². The number of hydrogen-bond donors (Lipinski definition) is 2. The average molecular weight is 599 g/mol. The Morgan fingerprint density at radius 2 is 2.10 bits per heavy atom. The van der Waals surface area contributed by atoms with Gasteiger partial charge in [-0.05, 0) is 58.1 Å². The fraction of sp³-hybridized carbons (Fsp3) is 0.321. The lowest BCUT2D eigenvalue weighted by Gasteiger charge is -2.26. The van der Waals surface area contributed by atoms with E-state index in [-0.39, 0.29) is 31.0 Å². The number of halogens is 3. The molecule has 42 heavy (non-hydrogen) atoms. The van der Waals surface area contributed by atoms with Crippen molar-refractivity contribution in [3.63, 3.8) is 0 Å². The van der Waals surface area contributed by atoms with Crippen molar-refractivity contribution in [1.82, 2.24) is 29.9 Å². The number of aromatic nitrogens is 5. The van der Waals surface area contributed by atoms with E-state index < -0.39 is 36.3 Å². The molecule has 0 fully saturated rings. The van der Waals surface area contributed by atoms with Crippen molar-refractivity contribution < 1.29 is 27.8 Å². The predicted molar refractivity (Wildman–Crippen MR) is 149 cm³/mol. The number of carbonyl (C=O) groups is 1. The molecular formula is C28H25F3N6O4S. The van der Waals surface area contributed by atoms with E-state index in [0.29, 0.717) is 22.3 Å². The molecule has 0 amide bonds. The van der Waals surface area contributed by atoms with Crippen LogP contribution in [-0.2, 0) is 24.9 Å². The Morgan fingerprint density at radius 3 is 2.86 bits per heavy atom. The number of ether oxygens (including phenoxy) is 1. The van der Waals surface area contributed by atoms with Gasteiger partial charge in [-0.2, -0.15) is 13.2 Å². The van der Waals surface area contributed by atoms with Crippen LogP contribution in [0.5, 0.6) is 5.75 Å². The fourth-order valence-electron chi connectivity index (χ4n) is 5.51. The fourth-order valence-corrected chi connectivity index (χ4v) is 6.40. The summed E-state index contributed by atoms with van der Waals surface area (Å²) in [4.78, 5) is 32.7. The Kier molecular flexibility index (Phi) is 6.97. The number of fused-ring (bicyclic) bond motifs is 3. The molecule has 1 aromatic carbocycles. The van der Waals surface area contributed by atoms with E-state index in [1.54, 1.807) is 22.8 Å². The number of carboxylic acid groups (broad SMARTS) is 1. The van der Waals surface area contributed by atoms with Crippen LogP contribution < -0.4 is 10.3 Å². The minimum atomic E-state index is -4.63. The Morgan fingerprint density at radius 1 is 1.29 bits per heavy atom. The van der Waals surface area contributed by atoms with Crippen LogP contribution in [0.4, 0.5) is 13.2 Å². The van der Waals surface area contributed by atoms with E-state index in [2.05, 4.69) is 20.3 Å². The molecule has 0 saturated carbocycles. The third kappa shape index (κ3) is 5.23. The number of nitrogens with zero attached hydrogens (tertiary/aromatic N) is 5. The monoisotopic (exact) mass is 598 g/mol. The molecule has 218 valence electrons. The van der Waals surface area contributed by atoms with Crippen molar-refractivity contribution in [1.29, 1.82) is 0 Å². The van der Waals surface area contributed by atoms with Crippen molar-refractivity contribution in [2.45, 2.75) is 44.6 Å². The number of hydrogen-bond acceptors (Lipinski definition) is 8. The Labute approximate surface area is 240 Å². The molecule has 14 heteroatoms. The zero-order chi connectivity index (χ0) is 29.8. The lowest BCUT2D eigenvalue weighted by atomic mass is 9.85. The number of carboxylic acids is 1. The summed E-state index contributed by atoms with van der Waals surface area (Å²) in [6, 6.07) is 8.07. The van der Waals surface area contributed by atoms with Gasteiger partial charge in [-0.25, -0.2) is 9.67 Å². The molecule has 4 aromatic heterocycles. The number of pyridine rings is 2. The van der Waals surface area contributed by atoms with E-state index >= 15 is 0 Å².